The minimum Gasteiger partial charge on any atom is -0.324 e. The molecule has 3 aromatic rings. The highest BCUT2D eigenvalue weighted by Gasteiger charge is 2.08. The molecule has 0 radical (unpaired) electrons. The smallest absolute Gasteiger partial charge is 0.205 e. The van der Waals surface area contributed by atoms with Gasteiger partial charge in [-0.3, -0.25) is 4.40 Å². The van der Waals surface area contributed by atoms with Gasteiger partial charge in [0, 0.05) is 12.4 Å². The Labute approximate surface area is 89.8 Å². The Hall–Kier alpha value is -2.35. The molecule has 0 atom stereocenters. The van der Waals surface area contributed by atoms with Gasteiger partial charge in [-0.15, -0.1) is 15.3 Å². The Morgan fingerprint density at radius 3 is 3.00 bits per heavy atom. The topological polar surface area (TPSA) is 99.8 Å². The van der Waals surface area contributed by atoms with Crippen molar-refractivity contribution >= 4 is 5.65 Å². The van der Waals surface area contributed by atoms with Crippen LogP contribution in [0.2, 0.25) is 0 Å². The van der Waals surface area contributed by atoms with Gasteiger partial charge in [0.25, 0.3) is 0 Å². The lowest BCUT2D eigenvalue weighted by atomic mass is 10.6. The molecule has 0 unspecified atom stereocenters. The third kappa shape index (κ3) is 1.24. The van der Waals surface area contributed by atoms with Crippen LogP contribution in [-0.4, -0.2) is 34.3 Å². The summed E-state index contributed by atoms with van der Waals surface area (Å²) in [5.41, 5.74) is 6.06. The Morgan fingerprint density at radius 1 is 1.25 bits per heavy atom. The maximum Gasteiger partial charge on any atom is 0.205 e. The van der Waals surface area contributed by atoms with Gasteiger partial charge in [0.1, 0.15) is 12.7 Å². The first-order chi connectivity index (χ1) is 7.88. The first-order valence-electron chi connectivity index (χ1n) is 4.64. The van der Waals surface area contributed by atoms with Gasteiger partial charge in [-0.2, -0.15) is 4.68 Å². The highest BCUT2D eigenvalue weighted by atomic mass is 15.4. The van der Waals surface area contributed by atoms with Crippen LogP contribution in [0.4, 0.5) is 0 Å². The molecule has 2 N–H and O–H groups in total. The SMILES string of the molecule is NCc1ncn(-c2nccn3cnnc23)n1. The number of nitrogens with two attached hydrogens (primary N) is 1. The zero-order valence-corrected chi connectivity index (χ0v) is 8.22. The molecule has 0 aliphatic heterocycles. The molecule has 0 aliphatic carbocycles. The first-order valence-corrected chi connectivity index (χ1v) is 4.64. The standard InChI is InChI=1S/C8H8N8/c9-3-6-11-4-16(14-6)7-8-13-12-5-15(8)2-1-10-7/h1-2,4-5H,3,9H2. The van der Waals surface area contributed by atoms with E-state index in [1.54, 1.807) is 29.4 Å². The van der Waals surface area contributed by atoms with E-state index in [1.807, 2.05) is 0 Å². The summed E-state index contributed by atoms with van der Waals surface area (Å²) >= 11 is 0. The van der Waals surface area contributed by atoms with E-state index in [0.717, 1.165) is 0 Å². The normalized spacial score (nSPS) is 11.1. The zero-order chi connectivity index (χ0) is 11.0. The maximum atomic E-state index is 5.44. The Balaban J connectivity index is 2.21. The quantitative estimate of drug-likeness (QED) is 0.599. The van der Waals surface area contributed by atoms with Crippen LogP contribution >= 0.6 is 0 Å². The van der Waals surface area contributed by atoms with Crippen LogP contribution < -0.4 is 5.73 Å². The lowest BCUT2D eigenvalue weighted by Gasteiger charge is -1.99. The second-order valence-electron chi connectivity index (χ2n) is 3.12. The van der Waals surface area contributed by atoms with Gasteiger partial charge in [-0.05, 0) is 0 Å². The molecule has 0 bridgehead atoms. The molecule has 0 saturated heterocycles. The van der Waals surface area contributed by atoms with Crippen molar-refractivity contribution in [2.24, 2.45) is 5.73 Å². The molecule has 0 aliphatic rings. The van der Waals surface area contributed by atoms with Crippen molar-refractivity contribution in [3.05, 3.63) is 30.9 Å². The van der Waals surface area contributed by atoms with Crippen LogP contribution in [0.15, 0.2) is 25.0 Å². The molecule has 3 rings (SSSR count). The number of fused-ring (bicyclic) bond motifs is 1. The lowest BCUT2D eigenvalue weighted by Crippen LogP contribution is -2.04. The largest absolute Gasteiger partial charge is 0.324 e. The van der Waals surface area contributed by atoms with Crippen molar-refractivity contribution in [1.82, 2.24) is 34.3 Å². The number of aromatic nitrogens is 7. The molecule has 0 amide bonds. The summed E-state index contributed by atoms with van der Waals surface area (Å²) in [6.07, 6.45) is 6.57. The Bertz CT molecular complexity index is 624. The monoisotopic (exact) mass is 216 g/mol. The fourth-order valence-corrected chi connectivity index (χ4v) is 1.40. The minimum absolute atomic E-state index is 0.294. The summed E-state index contributed by atoms with van der Waals surface area (Å²) < 4.78 is 3.29. The Kier molecular flexibility index (Phi) is 1.87. The second-order valence-corrected chi connectivity index (χ2v) is 3.12. The van der Waals surface area contributed by atoms with E-state index in [9.17, 15) is 0 Å². The number of nitrogens with zero attached hydrogens (tertiary/aromatic N) is 7. The predicted molar refractivity (Wildman–Crippen MR) is 53.6 cm³/mol. The minimum atomic E-state index is 0.294. The van der Waals surface area contributed by atoms with E-state index in [0.29, 0.717) is 23.8 Å². The van der Waals surface area contributed by atoms with E-state index in [2.05, 4.69) is 25.3 Å². The summed E-state index contributed by atoms with van der Waals surface area (Å²) in [6.45, 7) is 0.294. The highest BCUT2D eigenvalue weighted by molar-refractivity contribution is 5.52. The number of hydrogen-bond donors (Lipinski definition) is 1. The summed E-state index contributed by atoms with van der Waals surface area (Å²) in [6, 6.07) is 0. The van der Waals surface area contributed by atoms with E-state index in [1.165, 1.54) is 4.68 Å². The van der Waals surface area contributed by atoms with E-state index in [-0.39, 0.29) is 0 Å². The summed E-state index contributed by atoms with van der Waals surface area (Å²) in [5, 5.41) is 11.9. The molecule has 0 fully saturated rings. The van der Waals surface area contributed by atoms with Crippen LogP contribution in [0.1, 0.15) is 5.82 Å². The average molecular weight is 216 g/mol. The van der Waals surface area contributed by atoms with Crippen LogP contribution in [0, 0.1) is 0 Å². The van der Waals surface area contributed by atoms with Crippen LogP contribution in [0.5, 0.6) is 0 Å². The number of hydrogen-bond acceptors (Lipinski definition) is 6. The Morgan fingerprint density at radius 2 is 2.19 bits per heavy atom. The van der Waals surface area contributed by atoms with E-state index >= 15 is 0 Å². The van der Waals surface area contributed by atoms with Crippen molar-refractivity contribution in [3.63, 3.8) is 0 Å². The molecule has 0 saturated carbocycles. The second kappa shape index (κ2) is 3.35. The molecule has 8 heteroatoms. The number of rotatable bonds is 2. The average Bonchev–Trinajstić information content (AvgIpc) is 2.97. The van der Waals surface area contributed by atoms with Gasteiger partial charge in [0.15, 0.2) is 5.82 Å². The first kappa shape index (κ1) is 8.92. The van der Waals surface area contributed by atoms with Gasteiger partial charge in [0.2, 0.25) is 11.5 Å². The molecule has 8 nitrogen and oxygen atoms in total. The molecule has 3 heterocycles. The zero-order valence-electron chi connectivity index (χ0n) is 8.22. The molecule has 3 aromatic heterocycles. The molecule has 16 heavy (non-hydrogen) atoms. The van der Waals surface area contributed by atoms with Crippen molar-refractivity contribution in [2.75, 3.05) is 0 Å². The predicted octanol–water partition coefficient (Wildman–Crippen LogP) is -0.836. The van der Waals surface area contributed by atoms with Gasteiger partial charge in [0.05, 0.1) is 6.54 Å². The van der Waals surface area contributed by atoms with Gasteiger partial charge < -0.3 is 5.73 Å². The van der Waals surface area contributed by atoms with Gasteiger partial charge in [-0.25, -0.2) is 9.97 Å². The van der Waals surface area contributed by atoms with Crippen molar-refractivity contribution in [2.45, 2.75) is 6.54 Å². The lowest BCUT2D eigenvalue weighted by molar-refractivity contribution is 0.805. The third-order valence-electron chi connectivity index (χ3n) is 2.14. The van der Waals surface area contributed by atoms with Crippen LogP contribution in [-0.2, 0) is 6.54 Å². The highest BCUT2D eigenvalue weighted by Crippen LogP contribution is 2.08. The van der Waals surface area contributed by atoms with E-state index in [4.69, 9.17) is 5.73 Å². The third-order valence-corrected chi connectivity index (χ3v) is 2.14. The van der Waals surface area contributed by atoms with Crippen molar-refractivity contribution in [3.8, 4) is 5.82 Å². The van der Waals surface area contributed by atoms with Crippen LogP contribution in [0.3, 0.4) is 0 Å². The van der Waals surface area contributed by atoms with Gasteiger partial charge in [-0.1, -0.05) is 0 Å². The summed E-state index contributed by atoms with van der Waals surface area (Å²) in [5.74, 6) is 1.13. The fraction of sp³-hybridized carbons (Fsp3) is 0.125. The van der Waals surface area contributed by atoms with Crippen molar-refractivity contribution in [1.29, 1.82) is 0 Å². The fourth-order valence-electron chi connectivity index (χ4n) is 1.40. The van der Waals surface area contributed by atoms with Crippen molar-refractivity contribution < 1.29 is 0 Å². The maximum absolute atomic E-state index is 5.44. The van der Waals surface area contributed by atoms with Gasteiger partial charge >= 0.3 is 0 Å². The summed E-state index contributed by atoms with van der Waals surface area (Å²) in [7, 11) is 0. The molecular weight excluding hydrogens is 208 g/mol. The molecule has 0 aromatic carbocycles. The summed E-state index contributed by atoms with van der Waals surface area (Å²) in [4.78, 5) is 8.22. The van der Waals surface area contributed by atoms with Crippen LogP contribution in [0.25, 0.3) is 11.5 Å². The molecule has 80 valence electrons. The molecular formula is C8H8N8. The molecule has 0 spiro atoms. The van der Waals surface area contributed by atoms with E-state index < -0.39 is 0 Å².